The summed E-state index contributed by atoms with van der Waals surface area (Å²) >= 11 is 1.28. The quantitative estimate of drug-likeness (QED) is 0.210. The lowest BCUT2D eigenvalue weighted by atomic mass is 10.1. The first-order valence-electron chi connectivity index (χ1n) is 9.06. The molecular weight excluding hydrogens is 402 g/mol. The van der Waals surface area contributed by atoms with E-state index >= 15 is 0 Å². The molecule has 0 bridgehead atoms. The van der Waals surface area contributed by atoms with Crippen molar-refractivity contribution in [3.05, 3.63) is 88.1 Å². The van der Waals surface area contributed by atoms with Crippen molar-refractivity contribution in [2.24, 2.45) is 5.10 Å². The van der Waals surface area contributed by atoms with Gasteiger partial charge in [0.15, 0.2) is 0 Å². The molecule has 152 valence electrons. The molecule has 0 aliphatic rings. The number of hydrogen-bond donors (Lipinski definition) is 2. The molecule has 3 rings (SSSR count). The second kappa shape index (κ2) is 10.1. The lowest BCUT2D eigenvalue weighted by Gasteiger charge is -2.09. The number of hydrazone groups is 1. The van der Waals surface area contributed by atoms with Crippen molar-refractivity contribution in [1.29, 1.82) is 0 Å². The number of thiophene rings is 1. The van der Waals surface area contributed by atoms with Crippen LogP contribution in [0.2, 0.25) is 0 Å². The minimum absolute atomic E-state index is 0.233. The molecule has 0 saturated carbocycles. The molecule has 0 spiro atoms. The maximum absolute atomic E-state index is 12.2. The van der Waals surface area contributed by atoms with Crippen molar-refractivity contribution in [1.82, 2.24) is 10.7 Å². The Kier molecular flexibility index (Phi) is 7.07. The Bertz CT molecular complexity index is 1060. The normalized spacial score (nSPS) is 10.9. The van der Waals surface area contributed by atoms with Crippen LogP contribution >= 0.6 is 11.3 Å². The third-order valence-electron chi connectivity index (χ3n) is 4.03. The highest BCUT2D eigenvalue weighted by Crippen LogP contribution is 2.21. The Morgan fingerprint density at radius 3 is 2.40 bits per heavy atom. The van der Waals surface area contributed by atoms with Crippen LogP contribution < -0.4 is 15.5 Å². The molecule has 0 aliphatic heterocycles. The zero-order valence-corrected chi connectivity index (χ0v) is 16.9. The molecular formula is C22H19N3O4S. The monoisotopic (exact) mass is 421 g/mol. The topological polar surface area (TPSA) is 96.9 Å². The van der Waals surface area contributed by atoms with Crippen molar-refractivity contribution in [2.75, 3.05) is 0 Å². The number of rotatable bonds is 6. The molecule has 3 aromatic rings. The fourth-order valence-electron chi connectivity index (χ4n) is 2.50. The zero-order valence-electron chi connectivity index (χ0n) is 16.1. The lowest BCUT2D eigenvalue weighted by Crippen LogP contribution is -2.37. The van der Waals surface area contributed by atoms with Gasteiger partial charge in [0.1, 0.15) is 10.6 Å². The Labute approximate surface area is 177 Å². The zero-order chi connectivity index (χ0) is 21.3. The van der Waals surface area contributed by atoms with E-state index in [9.17, 15) is 14.4 Å². The van der Waals surface area contributed by atoms with Crippen molar-refractivity contribution < 1.29 is 19.1 Å². The van der Waals surface area contributed by atoms with Gasteiger partial charge in [-0.2, -0.15) is 5.10 Å². The second-order valence-electron chi connectivity index (χ2n) is 6.17. The number of benzene rings is 2. The van der Waals surface area contributed by atoms with Crippen LogP contribution in [0.4, 0.5) is 0 Å². The Hall–Kier alpha value is -3.78. The van der Waals surface area contributed by atoms with Crippen LogP contribution in [-0.4, -0.2) is 23.5 Å². The van der Waals surface area contributed by atoms with E-state index in [0.717, 1.165) is 5.56 Å². The summed E-state index contributed by atoms with van der Waals surface area (Å²) in [4.78, 5) is 36.6. The number of amides is 2. The van der Waals surface area contributed by atoms with Crippen molar-refractivity contribution in [2.45, 2.75) is 13.5 Å². The average Bonchev–Trinajstić information content (AvgIpc) is 3.32. The molecule has 1 heterocycles. The molecule has 1 aromatic heterocycles. The van der Waals surface area contributed by atoms with Crippen molar-refractivity contribution in [3.8, 4) is 5.75 Å². The standard InChI is InChI=1S/C22H19N3O4S/c1-15(24-25-21(27)20(26)23-14-16-8-3-2-4-9-16)17-10-5-6-11-18(17)29-22(28)19-12-7-13-30-19/h2-13H,14H2,1H3,(H,23,26)(H,25,27)/b24-15+. The Morgan fingerprint density at radius 1 is 0.933 bits per heavy atom. The maximum Gasteiger partial charge on any atom is 0.353 e. The van der Waals surface area contributed by atoms with Gasteiger partial charge < -0.3 is 10.1 Å². The van der Waals surface area contributed by atoms with Gasteiger partial charge in [-0.05, 0) is 36.1 Å². The van der Waals surface area contributed by atoms with Crippen LogP contribution in [0.1, 0.15) is 27.7 Å². The third kappa shape index (κ3) is 5.62. The highest BCUT2D eigenvalue weighted by molar-refractivity contribution is 7.12. The minimum atomic E-state index is -0.890. The summed E-state index contributed by atoms with van der Waals surface area (Å²) < 4.78 is 5.45. The molecule has 30 heavy (non-hydrogen) atoms. The number of esters is 1. The van der Waals surface area contributed by atoms with Gasteiger partial charge in [0.25, 0.3) is 0 Å². The average molecular weight is 421 g/mol. The van der Waals surface area contributed by atoms with E-state index in [1.165, 1.54) is 11.3 Å². The van der Waals surface area contributed by atoms with Gasteiger partial charge in [0.05, 0.1) is 5.71 Å². The summed E-state index contributed by atoms with van der Waals surface area (Å²) in [7, 11) is 0. The largest absolute Gasteiger partial charge is 0.422 e. The van der Waals surface area contributed by atoms with E-state index in [2.05, 4.69) is 15.8 Å². The first-order valence-corrected chi connectivity index (χ1v) is 9.94. The predicted molar refractivity (Wildman–Crippen MR) is 114 cm³/mol. The minimum Gasteiger partial charge on any atom is -0.422 e. The van der Waals surface area contributed by atoms with Gasteiger partial charge in [-0.3, -0.25) is 9.59 Å². The first kappa shape index (κ1) is 20.9. The lowest BCUT2D eigenvalue weighted by molar-refractivity contribution is -0.139. The summed E-state index contributed by atoms with van der Waals surface area (Å²) in [6.45, 7) is 1.87. The number of hydrogen-bond acceptors (Lipinski definition) is 6. The molecule has 0 fully saturated rings. The van der Waals surface area contributed by atoms with Gasteiger partial charge in [-0.25, -0.2) is 10.2 Å². The van der Waals surface area contributed by atoms with E-state index in [1.807, 2.05) is 30.3 Å². The molecule has 0 unspecified atom stereocenters. The molecule has 0 aliphatic carbocycles. The molecule has 7 nitrogen and oxygen atoms in total. The van der Waals surface area contributed by atoms with Crippen LogP contribution in [0.15, 0.2) is 77.2 Å². The SMILES string of the molecule is C/C(=N\NC(=O)C(=O)NCc1ccccc1)c1ccccc1OC(=O)c1cccs1. The van der Waals surface area contributed by atoms with Crippen molar-refractivity contribution >= 4 is 34.8 Å². The molecule has 2 amide bonds. The summed E-state index contributed by atoms with van der Waals surface area (Å²) in [5.41, 5.74) is 4.00. The summed E-state index contributed by atoms with van der Waals surface area (Å²) in [5.74, 6) is -1.86. The van der Waals surface area contributed by atoms with Gasteiger partial charge in [0, 0.05) is 12.1 Å². The van der Waals surface area contributed by atoms with Gasteiger partial charge >= 0.3 is 17.8 Å². The van der Waals surface area contributed by atoms with Crippen LogP contribution in [-0.2, 0) is 16.1 Å². The third-order valence-corrected chi connectivity index (χ3v) is 4.88. The molecule has 2 N–H and O–H groups in total. The number of nitrogens with one attached hydrogen (secondary N) is 2. The van der Waals surface area contributed by atoms with Crippen molar-refractivity contribution in [3.63, 3.8) is 0 Å². The van der Waals surface area contributed by atoms with E-state index in [4.69, 9.17) is 4.74 Å². The van der Waals surface area contributed by atoms with Crippen LogP contribution in [0.3, 0.4) is 0 Å². The molecule has 0 atom stereocenters. The molecule has 0 radical (unpaired) electrons. The van der Waals surface area contributed by atoms with E-state index in [0.29, 0.717) is 21.9 Å². The van der Waals surface area contributed by atoms with Gasteiger partial charge in [-0.1, -0.05) is 48.5 Å². The number of nitrogens with zero attached hydrogens (tertiary/aromatic N) is 1. The first-order chi connectivity index (χ1) is 14.5. The van der Waals surface area contributed by atoms with Gasteiger partial charge in [0.2, 0.25) is 0 Å². The fraction of sp³-hybridized carbons (Fsp3) is 0.0909. The van der Waals surface area contributed by atoms with E-state index in [-0.39, 0.29) is 6.54 Å². The van der Waals surface area contributed by atoms with Crippen LogP contribution in [0, 0.1) is 0 Å². The summed E-state index contributed by atoms with van der Waals surface area (Å²) in [5, 5.41) is 8.28. The van der Waals surface area contributed by atoms with Crippen LogP contribution in [0.25, 0.3) is 0 Å². The van der Waals surface area contributed by atoms with E-state index < -0.39 is 17.8 Å². The smallest absolute Gasteiger partial charge is 0.353 e. The maximum atomic E-state index is 12.2. The van der Waals surface area contributed by atoms with Gasteiger partial charge in [-0.15, -0.1) is 11.3 Å². The second-order valence-corrected chi connectivity index (χ2v) is 7.12. The highest BCUT2D eigenvalue weighted by atomic mass is 32.1. The predicted octanol–water partition coefficient (Wildman–Crippen LogP) is 3.12. The fourth-order valence-corrected chi connectivity index (χ4v) is 3.10. The number of carbonyl (C=O) groups is 3. The number of ether oxygens (including phenoxy) is 1. The molecule has 0 saturated heterocycles. The Balaban J connectivity index is 1.61. The molecule has 8 heteroatoms. The molecule has 2 aromatic carbocycles. The Morgan fingerprint density at radius 2 is 1.67 bits per heavy atom. The number of para-hydroxylation sites is 1. The number of carbonyl (C=O) groups excluding carboxylic acids is 3. The van der Waals surface area contributed by atoms with E-state index in [1.54, 1.807) is 48.7 Å². The highest BCUT2D eigenvalue weighted by Gasteiger charge is 2.15. The summed E-state index contributed by atoms with van der Waals surface area (Å²) in [6, 6.07) is 19.5. The summed E-state index contributed by atoms with van der Waals surface area (Å²) in [6.07, 6.45) is 0. The van der Waals surface area contributed by atoms with Crippen LogP contribution in [0.5, 0.6) is 5.75 Å².